The molecular weight excluding hydrogens is 320 g/mol. The van der Waals surface area contributed by atoms with Gasteiger partial charge in [-0.2, -0.15) is 0 Å². The van der Waals surface area contributed by atoms with Crippen molar-refractivity contribution in [3.05, 3.63) is 70.8 Å². The molecule has 0 bridgehead atoms. The van der Waals surface area contributed by atoms with Crippen molar-refractivity contribution >= 4 is 5.91 Å². The zero-order valence-electron chi connectivity index (χ0n) is 16.0. The van der Waals surface area contributed by atoms with Gasteiger partial charge in [-0.3, -0.25) is 9.69 Å². The summed E-state index contributed by atoms with van der Waals surface area (Å²) in [5.74, 6) is -0.00135. The van der Waals surface area contributed by atoms with Crippen molar-refractivity contribution in [2.75, 3.05) is 7.05 Å². The molecule has 1 N–H and O–H groups in total. The Kier molecular flexibility index (Phi) is 6.45. The van der Waals surface area contributed by atoms with Crippen LogP contribution in [0.3, 0.4) is 0 Å². The summed E-state index contributed by atoms with van der Waals surface area (Å²) in [6.45, 7) is 3.49. The van der Waals surface area contributed by atoms with Gasteiger partial charge in [0.2, 0.25) is 0 Å². The molecule has 1 saturated carbocycles. The third-order valence-corrected chi connectivity index (χ3v) is 5.57. The maximum atomic E-state index is 12.5. The maximum absolute atomic E-state index is 12.5. The van der Waals surface area contributed by atoms with E-state index in [1.807, 2.05) is 31.2 Å². The van der Waals surface area contributed by atoms with Crippen LogP contribution in [0.5, 0.6) is 0 Å². The Labute approximate surface area is 157 Å². The molecule has 3 rings (SSSR count). The topological polar surface area (TPSA) is 32.3 Å². The summed E-state index contributed by atoms with van der Waals surface area (Å²) in [7, 11) is 2.23. The zero-order chi connectivity index (χ0) is 18.4. The van der Waals surface area contributed by atoms with Crippen LogP contribution in [0.2, 0.25) is 0 Å². The monoisotopic (exact) mass is 350 g/mol. The maximum Gasteiger partial charge on any atom is 0.251 e. The summed E-state index contributed by atoms with van der Waals surface area (Å²) in [4.78, 5) is 15.0. The van der Waals surface area contributed by atoms with Crippen LogP contribution in [0.25, 0.3) is 0 Å². The Morgan fingerprint density at radius 1 is 1.00 bits per heavy atom. The molecule has 1 aliphatic carbocycles. The van der Waals surface area contributed by atoms with Crippen LogP contribution in [0.4, 0.5) is 0 Å². The first-order valence-corrected chi connectivity index (χ1v) is 9.76. The average Bonchev–Trinajstić information content (AvgIpc) is 2.68. The predicted octanol–water partition coefficient (Wildman–Crippen LogP) is 4.69. The van der Waals surface area contributed by atoms with Crippen LogP contribution in [-0.4, -0.2) is 23.9 Å². The molecule has 3 nitrogen and oxygen atoms in total. The van der Waals surface area contributed by atoms with Crippen molar-refractivity contribution in [3.8, 4) is 0 Å². The molecule has 0 saturated heterocycles. The van der Waals surface area contributed by atoms with Gasteiger partial charge in [-0.15, -0.1) is 0 Å². The van der Waals surface area contributed by atoms with E-state index in [1.54, 1.807) is 0 Å². The summed E-state index contributed by atoms with van der Waals surface area (Å²) in [5.41, 5.74) is 4.28. The molecule has 0 atom stereocenters. The molecule has 2 aromatic carbocycles. The lowest BCUT2D eigenvalue weighted by molar-refractivity contribution is 0.0950. The number of nitrogens with one attached hydrogen (secondary N) is 1. The second kappa shape index (κ2) is 9.00. The highest BCUT2D eigenvalue weighted by atomic mass is 16.1. The highest BCUT2D eigenvalue weighted by molar-refractivity contribution is 5.95. The molecular formula is C23H30N2O. The van der Waals surface area contributed by atoms with Crippen LogP contribution in [0.1, 0.15) is 59.2 Å². The number of carbonyl (C=O) groups is 1. The van der Waals surface area contributed by atoms with E-state index in [2.05, 4.69) is 41.5 Å². The molecule has 0 heterocycles. The van der Waals surface area contributed by atoms with E-state index in [4.69, 9.17) is 0 Å². The Bertz CT molecular complexity index is 734. The highest BCUT2D eigenvalue weighted by Crippen LogP contribution is 2.23. The SMILES string of the molecule is Cc1ccccc1C(=O)NCc1ccccc1CN(C)C1CCCCC1. The van der Waals surface area contributed by atoms with Gasteiger partial charge in [-0.25, -0.2) is 0 Å². The van der Waals surface area contributed by atoms with Gasteiger partial charge in [0.15, 0.2) is 0 Å². The van der Waals surface area contributed by atoms with Crippen LogP contribution >= 0.6 is 0 Å². The van der Waals surface area contributed by atoms with E-state index in [9.17, 15) is 4.79 Å². The molecule has 26 heavy (non-hydrogen) atoms. The third-order valence-electron chi connectivity index (χ3n) is 5.57. The second-order valence-corrected chi connectivity index (χ2v) is 7.47. The summed E-state index contributed by atoms with van der Waals surface area (Å²) >= 11 is 0. The first-order valence-electron chi connectivity index (χ1n) is 9.76. The molecule has 0 unspecified atom stereocenters. The quantitative estimate of drug-likeness (QED) is 0.820. The first-order chi connectivity index (χ1) is 12.6. The summed E-state index contributed by atoms with van der Waals surface area (Å²) in [6.07, 6.45) is 6.70. The average molecular weight is 351 g/mol. The predicted molar refractivity (Wildman–Crippen MR) is 107 cm³/mol. The number of carbonyl (C=O) groups excluding carboxylic acids is 1. The molecule has 0 aliphatic heterocycles. The normalized spacial score (nSPS) is 15.2. The Morgan fingerprint density at radius 2 is 1.65 bits per heavy atom. The summed E-state index contributed by atoms with van der Waals surface area (Å²) < 4.78 is 0. The molecule has 0 radical (unpaired) electrons. The standard InChI is InChI=1S/C23H30N2O/c1-18-10-6-9-15-22(18)23(26)24-16-19-11-7-8-12-20(19)17-25(2)21-13-4-3-5-14-21/h6-12,15,21H,3-5,13-14,16-17H2,1-2H3,(H,24,26). The first kappa shape index (κ1) is 18.7. The molecule has 2 aromatic rings. The van der Waals surface area contributed by atoms with Gasteiger partial charge in [0.25, 0.3) is 5.91 Å². The number of rotatable bonds is 6. The van der Waals surface area contributed by atoms with Crippen molar-refractivity contribution < 1.29 is 4.79 Å². The number of hydrogen-bond acceptors (Lipinski definition) is 2. The van der Waals surface area contributed by atoms with Crippen LogP contribution in [0, 0.1) is 6.92 Å². The summed E-state index contributed by atoms with van der Waals surface area (Å²) in [6, 6.07) is 16.9. The van der Waals surface area contributed by atoms with E-state index < -0.39 is 0 Å². The fraction of sp³-hybridized carbons (Fsp3) is 0.435. The molecule has 0 spiro atoms. The fourth-order valence-electron chi connectivity index (χ4n) is 3.90. The van der Waals surface area contributed by atoms with Gasteiger partial charge in [-0.1, -0.05) is 61.7 Å². The van der Waals surface area contributed by atoms with E-state index in [0.29, 0.717) is 12.6 Å². The van der Waals surface area contributed by atoms with Gasteiger partial charge in [0.1, 0.15) is 0 Å². The Morgan fingerprint density at radius 3 is 2.38 bits per heavy atom. The van der Waals surface area contributed by atoms with Gasteiger partial charge in [0.05, 0.1) is 0 Å². The summed E-state index contributed by atoms with van der Waals surface area (Å²) in [5, 5.41) is 3.09. The number of benzene rings is 2. The minimum absolute atomic E-state index is 0.00135. The number of nitrogens with zero attached hydrogens (tertiary/aromatic N) is 1. The van der Waals surface area contributed by atoms with Gasteiger partial charge in [0, 0.05) is 24.7 Å². The molecule has 3 heteroatoms. The lowest BCUT2D eigenvalue weighted by atomic mass is 9.94. The smallest absolute Gasteiger partial charge is 0.251 e. The van der Waals surface area contributed by atoms with Crippen molar-refractivity contribution in [2.45, 2.75) is 58.2 Å². The zero-order valence-corrected chi connectivity index (χ0v) is 16.0. The van der Waals surface area contributed by atoms with Crippen LogP contribution < -0.4 is 5.32 Å². The van der Waals surface area contributed by atoms with Crippen molar-refractivity contribution in [1.29, 1.82) is 0 Å². The van der Waals surface area contributed by atoms with E-state index in [-0.39, 0.29) is 5.91 Å². The molecule has 0 aromatic heterocycles. The van der Waals surface area contributed by atoms with Gasteiger partial charge >= 0.3 is 0 Å². The lowest BCUT2D eigenvalue weighted by Crippen LogP contribution is -2.33. The fourth-order valence-corrected chi connectivity index (χ4v) is 3.90. The van der Waals surface area contributed by atoms with E-state index >= 15 is 0 Å². The lowest BCUT2D eigenvalue weighted by Gasteiger charge is -2.31. The van der Waals surface area contributed by atoms with Crippen molar-refractivity contribution in [1.82, 2.24) is 10.2 Å². The largest absolute Gasteiger partial charge is 0.348 e. The van der Waals surface area contributed by atoms with Gasteiger partial charge < -0.3 is 5.32 Å². The van der Waals surface area contributed by atoms with Crippen molar-refractivity contribution in [3.63, 3.8) is 0 Å². The van der Waals surface area contributed by atoms with Crippen molar-refractivity contribution in [2.24, 2.45) is 0 Å². The van der Waals surface area contributed by atoms with E-state index in [0.717, 1.165) is 17.7 Å². The highest BCUT2D eigenvalue weighted by Gasteiger charge is 2.19. The van der Waals surface area contributed by atoms with Crippen LogP contribution in [-0.2, 0) is 13.1 Å². The number of amides is 1. The third kappa shape index (κ3) is 4.73. The minimum Gasteiger partial charge on any atom is -0.348 e. The Hall–Kier alpha value is -2.13. The van der Waals surface area contributed by atoms with Crippen LogP contribution in [0.15, 0.2) is 48.5 Å². The Balaban J connectivity index is 1.63. The molecule has 1 fully saturated rings. The molecule has 1 amide bonds. The number of aryl methyl sites for hydroxylation is 1. The second-order valence-electron chi connectivity index (χ2n) is 7.47. The molecule has 1 aliphatic rings. The number of hydrogen-bond donors (Lipinski definition) is 1. The van der Waals surface area contributed by atoms with Gasteiger partial charge in [-0.05, 0) is 49.6 Å². The minimum atomic E-state index is -0.00135. The van der Waals surface area contributed by atoms with E-state index in [1.165, 1.54) is 43.2 Å². The molecule has 138 valence electrons.